The van der Waals surface area contributed by atoms with Gasteiger partial charge in [-0.1, -0.05) is 45.0 Å². The summed E-state index contributed by atoms with van der Waals surface area (Å²) in [6.07, 6.45) is 2.32. The molecule has 0 amide bonds. The molecule has 0 saturated carbocycles. The second-order valence-corrected chi connectivity index (χ2v) is 4.59. The van der Waals surface area contributed by atoms with E-state index in [2.05, 4.69) is 50.4 Å². The van der Waals surface area contributed by atoms with Crippen molar-refractivity contribution in [2.24, 2.45) is 5.92 Å². The molecule has 0 saturated heterocycles. The first-order valence-corrected chi connectivity index (χ1v) is 5.93. The van der Waals surface area contributed by atoms with Crippen molar-refractivity contribution in [1.29, 1.82) is 0 Å². The first kappa shape index (κ1) is 12.3. The molecule has 1 rings (SSSR count). The molecule has 0 heterocycles. The van der Waals surface area contributed by atoms with Gasteiger partial charge in [-0.2, -0.15) is 0 Å². The lowest BCUT2D eigenvalue weighted by Crippen LogP contribution is -2.15. The van der Waals surface area contributed by atoms with Gasteiger partial charge in [-0.05, 0) is 36.9 Å². The molecule has 0 aliphatic carbocycles. The summed E-state index contributed by atoms with van der Waals surface area (Å²) in [7, 11) is 2.02. The van der Waals surface area contributed by atoms with Crippen molar-refractivity contribution >= 4 is 0 Å². The van der Waals surface area contributed by atoms with Crippen molar-refractivity contribution < 1.29 is 0 Å². The van der Waals surface area contributed by atoms with Gasteiger partial charge in [0.05, 0.1) is 0 Å². The number of hydrogen-bond acceptors (Lipinski definition) is 1. The Labute approximate surface area is 93.9 Å². The fraction of sp³-hybridized carbons (Fsp3) is 0.571. The molecular formula is C14H23N. The molecular weight excluding hydrogens is 182 g/mol. The molecule has 1 atom stereocenters. The summed E-state index contributed by atoms with van der Waals surface area (Å²) in [4.78, 5) is 0. The molecule has 0 bridgehead atoms. The van der Waals surface area contributed by atoms with Crippen LogP contribution in [0, 0.1) is 5.92 Å². The Bertz CT molecular complexity index is 270. The molecule has 1 aromatic carbocycles. The summed E-state index contributed by atoms with van der Waals surface area (Å²) < 4.78 is 0. The van der Waals surface area contributed by atoms with Gasteiger partial charge in [-0.3, -0.25) is 0 Å². The molecule has 0 radical (unpaired) electrons. The Balaban J connectivity index is 2.71. The fourth-order valence-electron chi connectivity index (χ4n) is 1.96. The van der Waals surface area contributed by atoms with Gasteiger partial charge in [-0.15, -0.1) is 0 Å². The standard InChI is InChI=1S/C14H23N/c1-5-14(15-4)13-8-6-12(7-9-13)10-11(2)3/h6-9,11,14-15H,5,10H2,1-4H3. The smallest absolute Gasteiger partial charge is 0.0314 e. The molecule has 0 aromatic heterocycles. The van der Waals surface area contributed by atoms with Crippen molar-refractivity contribution in [2.45, 2.75) is 39.7 Å². The molecule has 1 nitrogen and oxygen atoms in total. The molecule has 1 unspecified atom stereocenters. The third-order valence-corrected chi connectivity index (χ3v) is 2.78. The second-order valence-electron chi connectivity index (χ2n) is 4.59. The maximum Gasteiger partial charge on any atom is 0.0314 e. The molecule has 1 aromatic rings. The van der Waals surface area contributed by atoms with E-state index < -0.39 is 0 Å². The maximum atomic E-state index is 3.33. The van der Waals surface area contributed by atoms with Gasteiger partial charge >= 0.3 is 0 Å². The highest BCUT2D eigenvalue weighted by Gasteiger charge is 2.05. The average molecular weight is 205 g/mol. The van der Waals surface area contributed by atoms with Crippen LogP contribution < -0.4 is 5.32 Å². The number of hydrogen-bond donors (Lipinski definition) is 1. The van der Waals surface area contributed by atoms with E-state index in [0.717, 1.165) is 12.3 Å². The summed E-state index contributed by atoms with van der Waals surface area (Å²) in [5, 5.41) is 3.33. The SMILES string of the molecule is CCC(NC)c1ccc(CC(C)C)cc1. The topological polar surface area (TPSA) is 12.0 Å². The Hall–Kier alpha value is -0.820. The van der Waals surface area contributed by atoms with Crippen molar-refractivity contribution in [3.63, 3.8) is 0 Å². The van der Waals surface area contributed by atoms with Gasteiger partial charge in [-0.25, -0.2) is 0 Å². The van der Waals surface area contributed by atoms with Crippen molar-refractivity contribution in [1.82, 2.24) is 5.32 Å². The highest BCUT2D eigenvalue weighted by atomic mass is 14.9. The summed E-state index contributed by atoms with van der Waals surface area (Å²) in [6, 6.07) is 9.52. The van der Waals surface area contributed by atoms with E-state index in [1.165, 1.54) is 17.5 Å². The Morgan fingerprint density at radius 1 is 1.13 bits per heavy atom. The summed E-state index contributed by atoms with van der Waals surface area (Å²) in [5.41, 5.74) is 2.84. The minimum atomic E-state index is 0.498. The molecule has 84 valence electrons. The van der Waals surface area contributed by atoms with Gasteiger partial charge in [0, 0.05) is 6.04 Å². The highest BCUT2D eigenvalue weighted by molar-refractivity contribution is 5.25. The largest absolute Gasteiger partial charge is 0.313 e. The Morgan fingerprint density at radius 3 is 2.13 bits per heavy atom. The van der Waals surface area contributed by atoms with Crippen LogP contribution in [0.2, 0.25) is 0 Å². The van der Waals surface area contributed by atoms with E-state index in [1.54, 1.807) is 0 Å². The number of benzene rings is 1. The van der Waals surface area contributed by atoms with E-state index in [0.29, 0.717) is 6.04 Å². The fourth-order valence-corrected chi connectivity index (χ4v) is 1.96. The summed E-state index contributed by atoms with van der Waals surface area (Å²) >= 11 is 0. The van der Waals surface area contributed by atoms with Crippen LogP contribution in [0.15, 0.2) is 24.3 Å². The summed E-state index contributed by atoms with van der Waals surface area (Å²) in [5.74, 6) is 0.738. The van der Waals surface area contributed by atoms with Crippen LogP contribution in [-0.4, -0.2) is 7.05 Å². The van der Waals surface area contributed by atoms with Crippen molar-refractivity contribution in [2.75, 3.05) is 7.05 Å². The zero-order chi connectivity index (χ0) is 11.3. The molecule has 0 aliphatic rings. The number of rotatable bonds is 5. The lowest BCUT2D eigenvalue weighted by Gasteiger charge is -2.15. The lowest BCUT2D eigenvalue weighted by molar-refractivity contribution is 0.576. The highest BCUT2D eigenvalue weighted by Crippen LogP contribution is 2.17. The van der Waals surface area contributed by atoms with Crippen LogP contribution >= 0.6 is 0 Å². The van der Waals surface area contributed by atoms with Crippen LogP contribution in [0.1, 0.15) is 44.4 Å². The second kappa shape index (κ2) is 5.92. The maximum absolute atomic E-state index is 3.33. The average Bonchev–Trinajstić information content (AvgIpc) is 2.21. The van der Waals surface area contributed by atoms with E-state index in [1.807, 2.05) is 7.05 Å². The lowest BCUT2D eigenvalue weighted by atomic mass is 9.98. The molecule has 15 heavy (non-hydrogen) atoms. The molecule has 1 N–H and O–H groups in total. The van der Waals surface area contributed by atoms with Crippen molar-refractivity contribution in [3.8, 4) is 0 Å². The first-order valence-electron chi connectivity index (χ1n) is 5.93. The van der Waals surface area contributed by atoms with Gasteiger partial charge in [0.15, 0.2) is 0 Å². The van der Waals surface area contributed by atoms with Crippen LogP contribution in [0.3, 0.4) is 0 Å². The minimum Gasteiger partial charge on any atom is -0.313 e. The van der Waals surface area contributed by atoms with E-state index >= 15 is 0 Å². The zero-order valence-corrected chi connectivity index (χ0v) is 10.4. The van der Waals surface area contributed by atoms with E-state index in [-0.39, 0.29) is 0 Å². The van der Waals surface area contributed by atoms with Crippen LogP contribution in [0.25, 0.3) is 0 Å². The van der Waals surface area contributed by atoms with Gasteiger partial charge in [0.2, 0.25) is 0 Å². The van der Waals surface area contributed by atoms with Gasteiger partial charge < -0.3 is 5.32 Å². The first-order chi connectivity index (χ1) is 7.17. The van der Waals surface area contributed by atoms with E-state index in [9.17, 15) is 0 Å². The Morgan fingerprint density at radius 2 is 1.73 bits per heavy atom. The number of nitrogens with one attached hydrogen (secondary N) is 1. The van der Waals surface area contributed by atoms with Crippen LogP contribution in [0.4, 0.5) is 0 Å². The molecule has 0 spiro atoms. The molecule has 1 heteroatoms. The Kier molecular flexibility index (Phi) is 4.83. The minimum absolute atomic E-state index is 0.498. The zero-order valence-electron chi connectivity index (χ0n) is 10.4. The van der Waals surface area contributed by atoms with Gasteiger partial charge in [0.25, 0.3) is 0 Å². The third-order valence-electron chi connectivity index (χ3n) is 2.78. The normalized spacial score (nSPS) is 13.1. The van der Waals surface area contributed by atoms with Crippen molar-refractivity contribution in [3.05, 3.63) is 35.4 Å². The predicted octanol–water partition coefficient (Wildman–Crippen LogP) is 3.56. The van der Waals surface area contributed by atoms with Crippen LogP contribution in [-0.2, 0) is 6.42 Å². The third kappa shape index (κ3) is 3.67. The van der Waals surface area contributed by atoms with Gasteiger partial charge in [0.1, 0.15) is 0 Å². The monoisotopic (exact) mass is 205 g/mol. The molecule has 0 aliphatic heterocycles. The van der Waals surface area contributed by atoms with Crippen LogP contribution in [0.5, 0.6) is 0 Å². The summed E-state index contributed by atoms with van der Waals surface area (Å²) in [6.45, 7) is 6.73. The predicted molar refractivity (Wildman–Crippen MR) is 67.1 cm³/mol. The van der Waals surface area contributed by atoms with E-state index in [4.69, 9.17) is 0 Å². The molecule has 0 fully saturated rings. The quantitative estimate of drug-likeness (QED) is 0.775.